The molecule has 1 N–H and O–H groups in total. The van der Waals surface area contributed by atoms with Crippen molar-refractivity contribution in [2.45, 2.75) is 51.9 Å². The normalized spacial score (nSPS) is 19.6. The van der Waals surface area contributed by atoms with Gasteiger partial charge < -0.3 is 19.9 Å². The second-order valence-corrected chi connectivity index (χ2v) is 11.5. The minimum absolute atomic E-state index is 0.152. The number of amides is 3. The van der Waals surface area contributed by atoms with Gasteiger partial charge in [-0.3, -0.25) is 14.5 Å². The molecule has 0 saturated carbocycles. The number of nitrogens with one attached hydrogen (secondary N) is 1. The predicted octanol–water partition coefficient (Wildman–Crippen LogP) is 4.92. The zero-order valence-electron chi connectivity index (χ0n) is 22.9. The third-order valence-corrected chi connectivity index (χ3v) is 6.91. The lowest BCUT2D eigenvalue weighted by Crippen LogP contribution is -2.70. The highest BCUT2D eigenvalue weighted by atomic mass is 35.5. The van der Waals surface area contributed by atoms with E-state index >= 15 is 0 Å². The maximum atomic E-state index is 14.2. The molecule has 0 spiro atoms. The number of nitrogens with zero attached hydrogens (tertiary/aromatic N) is 3. The molecule has 2 heterocycles. The molecule has 11 heteroatoms. The molecule has 2 aliphatic heterocycles. The molecule has 8 nitrogen and oxygen atoms in total. The van der Waals surface area contributed by atoms with Gasteiger partial charge in [-0.05, 0) is 56.7 Å². The minimum atomic E-state index is -0.679. The summed E-state index contributed by atoms with van der Waals surface area (Å²) in [7, 11) is 0. The summed E-state index contributed by atoms with van der Waals surface area (Å²) in [6.07, 6.45) is 2.35. The summed E-state index contributed by atoms with van der Waals surface area (Å²) in [5.74, 6) is -1.65. The second-order valence-electron chi connectivity index (χ2n) is 11.1. The third kappa shape index (κ3) is 7.37. The van der Waals surface area contributed by atoms with Gasteiger partial charge in [0.15, 0.2) is 0 Å². The van der Waals surface area contributed by atoms with Crippen LogP contribution < -0.4 is 5.32 Å². The summed E-state index contributed by atoms with van der Waals surface area (Å²) in [6, 6.07) is 8.07. The summed E-state index contributed by atoms with van der Waals surface area (Å²) in [4.78, 5) is 43.6. The van der Waals surface area contributed by atoms with Gasteiger partial charge in [0.05, 0.1) is 17.1 Å². The zero-order chi connectivity index (χ0) is 29.2. The van der Waals surface area contributed by atoms with Gasteiger partial charge in [-0.25, -0.2) is 13.6 Å². The minimum Gasteiger partial charge on any atom is -0.444 e. The molecule has 2 fully saturated rings. The van der Waals surface area contributed by atoms with Crippen LogP contribution in [0.1, 0.15) is 38.8 Å². The maximum absolute atomic E-state index is 14.2. The Hall–Kier alpha value is -3.50. The molecule has 0 aromatic heterocycles. The number of benzene rings is 2. The Morgan fingerprint density at radius 3 is 2.25 bits per heavy atom. The Balaban J connectivity index is 1.56. The first kappa shape index (κ1) is 29.5. The Bertz CT molecular complexity index is 1300. The highest BCUT2D eigenvalue weighted by Crippen LogP contribution is 2.28. The standard InChI is InChI=1S/C29H33ClF2N4O4/c1-18(37)33-26-12-24(30)25(32)11-20(26)7-10-27(38)36-22-14-34(13-19-5-8-21(31)9-6-19)15-23(36)17-35(16-22)28(39)40-29(2,3)4/h5-12,22-23H,13-17H2,1-4H3,(H,33,37)/b10-7+. The van der Waals surface area contributed by atoms with E-state index in [0.29, 0.717) is 25.2 Å². The van der Waals surface area contributed by atoms with Crippen LogP contribution in [-0.2, 0) is 20.9 Å². The predicted molar refractivity (Wildman–Crippen MR) is 149 cm³/mol. The Morgan fingerprint density at radius 1 is 1.05 bits per heavy atom. The van der Waals surface area contributed by atoms with E-state index in [1.165, 1.54) is 37.3 Å². The molecular formula is C29H33ClF2N4O4. The summed E-state index contributed by atoms with van der Waals surface area (Å²) >= 11 is 5.89. The highest BCUT2D eigenvalue weighted by molar-refractivity contribution is 6.31. The fourth-order valence-electron chi connectivity index (χ4n) is 5.08. The van der Waals surface area contributed by atoms with Crippen LogP contribution in [0.2, 0.25) is 5.02 Å². The summed E-state index contributed by atoms with van der Waals surface area (Å²) in [5, 5.41) is 2.45. The number of carbonyl (C=O) groups is 3. The van der Waals surface area contributed by atoms with Crippen molar-refractivity contribution in [3.8, 4) is 0 Å². The van der Waals surface area contributed by atoms with E-state index in [0.717, 1.165) is 11.6 Å². The van der Waals surface area contributed by atoms with E-state index < -0.39 is 17.5 Å². The molecular weight excluding hydrogens is 542 g/mol. The molecule has 40 heavy (non-hydrogen) atoms. The van der Waals surface area contributed by atoms with Crippen LogP contribution in [0.4, 0.5) is 19.3 Å². The average Bonchev–Trinajstić information content (AvgIpc) is 2.84. The first-order valence-corrected chi connectivity index (χ1v) is 13.4. The Kier molecular flexibility index (Phi) is 8.80. The molecule has 214 valence electrons. The topological polar surface area (TPSA) is 82.2 Å². The van der Waals surface area contributed by atoms with Crippen LogP contribution in [0, 0.1) is 11.6 Å². The van der Waals surface area contributed by atoms with Crippen LogP contribution >= 0.6 is 11.6 Å². The van der Waals surface area contributed by atoms with Crippen molar-refractivity contribution in [1.29, 1.82) is 0 Å². The number of ether oxygens (including phenoxy) is 1. The number of hydrogen-bond acceptors (Lipinski definition) is 5. The molecule has 2 unspecified atom stereocenters. The molecule has 2 aromatic rings. The second kappa shape index (κ2) is 11.9. The van der Waals surface area contributed by atoms with Crippen molar-refractivity contribution in [2.24, 2.45) is 0 Å². The van der Waals surface area contributed by atoms with Crippen molar-refractivity contribution in [1.82, 2.24) is 14.7 Å². The van der Waals surface area contributed by atoms with Crippen molar-refractivity contribution < 1.29 is 27.9 Å². The largest absolute Gasteiger partial charge is 0.444 e. The highest BCUT2D eigenvalue weighted by Gasteiger charge is 2.44. The Morgan fingerprint density at radius 2 is 1.68 bits per heavy atom. The van der Waals surface area contributed by atoms with Gasteiger partial charge in [-0.2, -0.15) is 0 Å². The lowest BCUT2D eigenvalue weighted by molar-refractivity contribution is -0.140. The fourth-order valence-corrected chi connectivity index (χ4v) is 5.24. The molecule has 2 saturated heterocycles. The number of halogens is 3. The van der Waals surface area contributed by atoms with Crippen molar-refractivity contribution >= 4 is 41.3 Å². The van der Waals surface area contributed by atoms with Gasteiger partial charge in [0.25, 0.3) is 0 Å². The first-order valence-electron chi connectivity index (χ1n) is 13.0. The molecule has 4 rings (SSSR count). The summed E-state index contributed by atoms with van der Waals surface area (Å²) < 4.78 is 33.2. The van der Waals surface area contributed by atoms with Gasteiger partial charge >= 0.3 is 6.09 Å². The van der Waals surface area contributed by atoms with Crippen LogP contribution in [-0.4, -0.2) is 76.5 Å². The summed E-state index contributed by atoms with van der Waals surface area (Å²) in [5.41, 5.74) is 0.860. The summed E-state index contributed by atoms with van der Waals surface area (Å²) in [6.45, 7) is 8.81. The van der Waals surface area contributed by atoms with Crippen LogP contribution in [0.3, 0.4) is 0 Å². The molecule has 2 aliphatic rings. The number of rotatable bonds is 5. The molecule has 2 bridgehead atoms. The first-order chi connectivity index (χ1) is 18.8. The van der Waals surface area contributed by atoms with Crippen molar-refractivity contribution in [3.05, 3.63) is 70.3 Å². The third-order valence-electron chi connectivity index (χ3n) is 6.62. The van der Waals surface area contributed by atoms with Gasteiger partial charge in [0, 0.05) is 57.0 Å². The number of carbonyl (C=O) groups excluding carboxylic acids is 3. The molecule has 0 aliphatic carbocycles. The van der Waals surface area contributed by atoms with Gasteiger partial charge in [0.2, 0.25) is 11.8 Å². The lowest BCUT2D eigenvalue weighted by atomic mass is 9.99. The van der Waals surface area contributed by atoms with Crippen LogP contribution in [0.15, 0.2) is 42.5 Å². The number of anilines is 1. The van der Waals surface area contributed by atoms with E-state index in [9.17, 15) is 23.2 Å². The van der Waals surface area contributed by atoms with Crippen molar-refractivity contribution in [2.75, 3.05) is 31.5 Å². The van der Waals surface area contributed by atoms with Crippen LogP contribution in [0.25, 0.3) is 6.08 Å². The smallest absolute Gasteiger partial charge is 0.410 e. The molecule has 3 amide bonds. The van der Waals surface area contributed by atoms with E-state index in [2.05, 4.69) is 10.2 Å². The average molecular weight is 575 g/mol. The quantitative estimate of drug-likeness (QED) is 0.513. The number of piperazine rings is 2. The Labute approximate surface area is 237 Å². The van der Waals surface area contributed by atoms with Gasteiger partial charge in [0.1, 0.15) is 17.2 Å². The van der Waals surface area contributed by atoms with E-state index in [-0.39, 0.29) is 53.5 Å². The number of hydrogen-bond donors (Lipinski definition) is 1. The lowest BCUT2D eigenvalue weighted by Gasteiger charge is -2.52. The van der Waals surface area contributed by atoms with Crippen molar-refractivity contribution in [3.63, 3.8) is 0 Å². The monoisotopic (exact) mass is 574 g/mol. The number of fused-ring (bicyclic) bond motifs is 2. The zero-order valence-corrected chi connectivity index (χ0v) is 23.7. The van der Waals surface area contributed by atoms with Gasteiger partial charge in [-0.1, -0.05) is 23.7 Å². The SMILES string of the molecule is CC(=O)Nc1cc(Cl)c(F)cc1/C=C/C(=O)N1C2CN(Cc3ccc(F)cc3)CC1CN(C(=O)OC(C)(C)C)C2. The maximum Gasteiger partial charge on any atom is 0.410 e. The van der Waals surface area contributed by atoms with E-state index in [1.807, 2.05) is 0 Å². The molecule has 2 aromatic carbocycles. The molecule has 0 radical (unpaired) electrons. The fraction of sp³-hybridized carbons (Fsp3) is 0.414. The molecule has 2 atom stereocenters. The van der Waals surface area contributed by atoms with Gasteiger partial charge in [-0.15, -0.1) is 0 Å². The van der Waals surface area contributed by atoms with E-state index in [1.54, 1.807) is 42.7 Å². The van der Waals surface area contributed by atoms with E-state index in [4.69, 9.17) is 16.3 Å². The van der Waals surface area contributed by atoms with Crippen LogP contribution in [0.5, 0.6) is 0 Å².